The average Bonchev–Trinajstić information content (AvgIpc) is 2.79. The number of rotatable bonds is 3. The first kappa shape index (κ1) is 11.2. The van der Waals surface area contributed by atoms with Gasteiger partial charge in [-0.25, -0.2) is 0 Å². The van der Waals surface area contributed by atoms with Crippen LogP contribution in [-0.4, -0.2) is 4.98 Å². The zero-order chi connectivity index (χ0) is 12.4. The predicted octanol–water partition coefficient (Wildman–Crippen LogP) is 2.61. The molecule has 1 aliphatic rings. The number of aromatic nitrogens is 1. The molecule has 0 unspecified atom stereocenters. The summed E-state index contributed by atoms with van der Waals surface area (Å²) in [6, 6.07) is 10.3. The number of hydrogen-bond donors (Lipinski definition) is 1. The molecule has 0 amide bonds. The molecule has 0 radical (unpaired) electrons. The predicted molar refractivity (Wildman–Crippen MR) is 70.3 cm³/mol. The Morgan fingerprint density at radius 3 is 3.11 bits per heavy atom. The fourth-order valence-electron chi connectivity index (χ4n) is 2.37. The first-order valence-corrected chi connectivity index (χ1v) is 6.23. The fourth-order valence-corrected chi connectivity index (χ4v) is 2.37. The van der Waals surface area contributed by atoms with Crippen LogP contribution in [0.25, 0.3) is 0 Å². The lowest BCUT2D eigenvalue weighted by molar-refractivity contribution is 0.305. The molecule has 1 aromatic heterocycles. The lowest BCUT2D eigenvalue weighted by atomic mass is 10.1. The van der Waals surface area contributed by atoms with Crippen LogP contribution in [-0.2, 0) is 13.0 Å². The van der Waals surface area contributed by atoms with E-state index in [0.717, 1.165) is 24.2 Å². The molecule has 2 aromatic rings. The molecule has 1 heterocycles. The van der Waals surface area contributed by atoms with Crippen molar-refractivity contribution in [1.82, 2.24) is 4.98 Å². The van der Waals surface area contributed by atoms with Gasteiger partial charge in [0.05, 0.1) is 0 Å². The molecule has 3 nitrogen and oxygen atoms in total. The lowest BCUT2D eigenvalue weighted by Crippen LogP contribution is -2.05. The third kappa shape index (κ3) is 2.22. The van der Waals surface area contributed by atoms with Crippen molar-refractivity contribution in [2.75, 3.05) is 0 Å². The molecular formula is C15H16N2O. The Balaban J connectivity index is 1.71. The molecule has 0 fully saturated rings. The number of nitrogens with zero attached hydrogens (tertiary/aromatic N) is 1. The highest BCUT2D eigenvalue weighted by atomic mass is 16.5. The van der Waals surface area contributed by atoms with E-state index in [0.29, 0.717) is 6.61 Å². The molecule has 0 spiro atoms. The summed E-state index contributed by atoms with van der Waals surface area (Å²) in [6.07, 6.45) is 5.69. The van der Waals surface area contributed by atoms with E-state index in [4.69, 9.17) is 10.5 Å². The van der Waals surface area contributed by atoms with Gasteiger partial charge in [0, 0.05) is 24.0 Å². The number of fused-ring (bicyclic) bond motifs is 1. The molecule has 1 atom stereocenters. The van der Waals surface area contributed by atoms with Crippen LogP contribution in [0.4, 0.5) is 0 Å². The van der Waals surface area contributed by atoms with Gasteiger partial charge < -0.3 is 10.5 Å². The molecule has 3 rings (SSSR count). The molecule has 1 aromatic carbocycles. The second-order valence-corrected chi connectivity index (χ2v) is 4.66. The number of ether oxygens (including phenoxy) is 1. The Labute approximate surface area is 107 Å². The van der Waals surface area contributed by atoms with E-state index in [-0.39, 0.29) is 6.04 Å². The van der Waals surface area contributed by atoms with E-state index in [1.54, 1.807) is 6.20 Å². The Hall–Kier alpha value is -1.87. The molecule has 0 saturated heterocycles. The zero-order valence-electron chi connectivity index (χ0n) is 10.2. The van der Waals surface area contributed by atoms with Crippen molar-refractivity contribution in [1.29, 1.82) is 0 Å². The van der Waals surface area contributed by atoms with Gasteiger partial charge in [-0.2, -0.15) is 0 Å². The average molecular weight is 240 g/mol. The van der Waals surface area contributed by atoms with Crippen LogP contribution in [0, 0.1) is 0 Å². The van der Waals surface area contributed by atoms with Crippen molar-refractivity contribution >= 4 is 0 Å². The Morgan fingerprint density at radius 2 is 2.28 bits per heavy atom. The molecule has 18 heavy (non-hydrogen) atoms. The first-order chi connectivity index (χ1) is 8.83. The summed E-state index contributed by atoms with van der Waals surface area (Å²) >= 11 is 0. The molecule has 92 valence electrons. The minimum Gasteiger partial charge on any atom is -0.489 e. The second kappa shape index (κ2) is 4.78. The highest BCUT2D eigenvalue weighted by Crippen LogP contribution is 2.31. The normalized spacial score (nSPS) is 17.5. The van der Waals surface area contributed by atoms with Gasteiger partial charge in [-0.3, -0.25) is 4.98 Å². The third-order valence-electron chi connectivity index (χ3n) is 3.37. The third-order valence-corrected chi connectivity index (χ3v) is 3.37. The van der Waals surface area contributed by atoms with Crippen LogP contribution in [0.1, 0.15) is 29.2 Å². The number of hydrogen-bond acceptors (Lipinski definition) is 3. The minimum atomic E-state index is 0.201. The molecule has 0 bridgehead atoms. The van der Waals surface area contributed by atoms with Crippen molar-refractivity contribution in [3.05, 3.63) is 59.4 Å². The van der Waals surface area contributed by atoms with Gasteiger partial charge in [0.15, 0.2) is 0 Å². The maximum atomic E-state index is 6.01. The molecule has 0 saturated carbocycles. The Morgan fingerprint density at radius 1 is 1.33 bits per heavy atom. The summed E-state index contributed by atoms with van der Waals surface area (Å²) in [5.41, 5.74) is 9.68. The summed E-state index contributed by atoms with van der Waals surface area (Å²) in [6.45, 7) is 0.554. The van der Waals surface area contributed by atoms with Gasteiger partial charge in [-0.1, -0.05) is 12.1 Å². The number of benzene rings is 1. The minimum absolute atomic E-state index is 0.201. The number of pyridine rings is 1. The van der Waals surface area contributed by atoms with E-state index in [1.807, 2.05) is 24.4 Å². The van der Waals surface area contributed by atoms with Crippen LogP contribution in [0.5, 0.6) is 5.75 Å². The Kier molecular flexibility index (Phi) is 2.99. The largest absolute Gasteiger partial charge is 0.489 e. The molecule has 1 aliphatic carbocycles. The smallest absolute Gasteiger partial charge is 0.120 e. The van der Waals surface area contributed by atoms with E-state index in [2.05, 4.69) is 17.1 Å². The standard InChI is InChI=1S/C15H16N2O/c16-15-6-3-12-8-13(4-5-14(12)15)18-10-11-2-1-7-17-9-11/h1-2,4-5,7-9,15H,3,6,10,16H2/t15-/m0/s1. The van der Waals surface area contributed by atoms with Crippen molar-refractivity contribution in [3.8, 4) is 5.75 Å². The summed E-state index contributed by atoms with van der Waals surface area (Å²) < 4.78 is 5.77. The maximum Gasteiger partial charge on any atom is 0.120 e. The van der Waals surface area contributed by atoms with E-state index < -0.39 is 0 Å². The quantitative estimate of drug-likeness (QED) is 0.897. The zero-order valence-corrected chi connectivity index (χ0v) is 10.2. The monoisotopic (exact) mass is 240 g/mol. The van der Waals surface area contributed by atoms with E-state index in [9.17, 15) is 0 Å². The van der Waals surface area contributed by atoms with Gasteiger partial charge >= 0.3 is 0 Å². The second-order valence-electron chi connectivity index (χ2n) is 4.66. The van der Waals surface area contributed by atoms with Gasteiger partial charge in [0.25, 0.3) is 0 Å². The molecular weight excluding hydrogens is 224 g/mol. The number of aryl methyl sites for hydroxylation is 1. The van der Waals surface area contributed by atoms with Crippen LogP contribution in [0.15, 0.2) is 42.7 Å². The van der Waals surface area contributed by atoms with Crippen LogP contribution >= 0.6 is 0 Å². The Bertz CT molecular complexity index is 539. The highest BCUT2D eigenvalue weighted by molar-refractivity contribution is 5.40. The van der Waals surface area contributed by atoms with Crippen molar-refractivity contribution in [3.63, 3.8) is 0 Å². The lowest BCUT2D eigenvalue weighted by Gasteiger charge is -2.09. The topological polar surface area (TPSA) is 48.1 Å². The van der Waals surface area contributed by atoms with Crippen LogP contribution in [0.2, 0.25) is 0 Å². The maximum absolute atomic E-state index is 6.01. The van der Waals surface area contributed by atoms with Crippen LogP contribution < -0.4 is 10.5 Å². The van der Waals surface area contributed by atoms with Gasteiger partial charge in [-0.05, 0) is 42.2 Å². The first-order valence-electron chi connectivity index (χ1n) is 6.23. The van der Waals surface area contributed by atoms with Gasteiger partial charge in [-0.15, -0.1) is 0 Å². The van der Waals surface area contributed by atoms with Crippen molar-refractivity contribution in [2.24, 2.45) is 5.73 Å². The van der Waals surface area contributed by atoms with E-state index in [1.165, 1.54) is 11.1 Å². The van der Waals surface area contributed by atoms with Gasteiger partial charge in [0.1, 0.15) is 12.4 Å². The van der Waals surface area contributed by atoms with E-state index >= 15 is 0 Å². The van der Waals surface area contributed by atoms with Crippen molar-refractivity contribution in [2.45, 2.75) is 25.5 Å². The summed E-state index contributed by atoms with van der Waals surface area (Å²) in [4.78, 5) is 4.07. The fraction of sp³-hybridized carbons (Fsp3) is 0.267. The molecule has 0 aliphatic heterocycles. The number of nitrogens with two attached hydrogens (primary N) is 1. The summed E-state index contributed by atoms with van der Waals surface area (Å²) in [7, 11) is 0. The summed E-state index contributed by atoms with van der Waals surface area (Å²) in [5.74, 6) is 0.909. The molecule has 3 heteroatoms. The van der Waals surface area contributed by atoms with Crippen molar-refractivity contribution < 1.29 is 4.74 Å². The SMILES string of the molecule is N[C@H]1CCc2cc(OCc3cccnc3)ccc21. The molecule has 2 N–H and O–H groups in total. The summed E-state index contributed by atoms with van der Waals surface area (Å²) in [5, 5.41) is 0. The van der Waals surface area contributed by atoms with Gasteiger partial charge in [0.2, 0.25) is 0 Å². The van der Waals surface area contributed by atoms with Crippen LogP contribution in [0.3, 0.4) is 0 Å². The highest BCUT2D eigenvalue weighted by Gasteiger charge is 2.18.